The molecule has 2 atom stereocenters. The van der Waals surface area contributed by atoms with E-state index in [0.29, 0.717) is 12.8 Å². The summed E-state index contributed by atoms with van der Waals surface area (Å²) in [5.41, 5.74) is 0.895. The number of rotatable bonds is 3. The summed E-state index contributed by atoms with van der Waals surface area (Å²) in [5.74, 6) is -2.35. The van der Waals surface area contributed by atoms with E-state index < -0.39 is 17.8 Å². The second-order valence-electron chi connectivity index (χ2n) is 4.10. The largest absolute Gasteiger partial charge is 1.00 e. The molecule has 0 saturated heterocycles. The van der Waals surface area contributed by atoms with Gasteiger partial charge in [-0.25, -0.2) is 0 Å². The zero-order valence-electron chi connectivity index (χ0n) is 10.0. The van der Waals surface area contributed by atoms with Crippen LogP contribution in [-0.2, 0) is 9.59 Å². The Morgan fingerprint density at radius 1 is 1.19 bits per heavy atom. The van der Waals surface area contributed by atoms with Gasteiger partial charge in [0.1, 0.15) is 0 Å². The molecule has 0 N–H and O–H groups in total. The van der Waals surface area contributed by atoms with Gasteiger partial charge in [0, 0.05) is 17.8 Å². The van der Waals surface area contributed by atoms with Crippen molar-refractivity contribution in [2.45, 2.75) is 26.7 Å². The average molecular weight is 230 g/mol. The Morgan fingerprint density at radius 2 is 1.69 bits per heavy atom. The van der Waals surface area contributed by atoms with E-state index in [1.807, 2.05) is 19.9 Å². The van der Waals surface area contributed by atoms with E-state index in [0.717, 1.165) is 5.57 Å². The van der Waals surface area contributed by atoms with E-state index in [1.54, 1.807) is 6.08 Å². The molecule has 4 heteroatoms. The Bertz CT molecular complexity index is 327. The second-order valence-corrected chi connectivity index (χ2v) is 4.10. The van der Waals surface area contributed by atoms with Crippen LogP contribution in [0.4, 0.5) is 0 Å². The van der Waals surface area contributed by atoms with Crippen molar-refractivity contribution in [2.24, 2.45) is 11.8 Å². The summed E-state index contributed by atoms with van der Waals surface area (Å²) < 4.78 is 0. The summed E-state index contributed by atoms with van der Waals surface area (Å²) in [6, 6.07) is 0. The van der Waals surface area contributed by atoms with E-state index in [9.17, 15) is 14.7 Å². The molecule has 1 unspecified atom stereocenters. The molecule has 0 aromatic heterocycles. The smallest absolute Gasteiger partial charge is 0.550 e. The molecule has 0 heterocycles. The van der Waals surface area contributed by atoms with E-state index in [1.165, 1.54) is 6.08 Å². The molecule has 1 rings (SSSR count). The molecule has 0 aromatic carbocycles. The molecule has 0 aromatic rings. The van der Waals surface area contributed by atoms with Gasteiger partial charge in [0.15, 0.2) is 5.78 Å². The Hall–Kier alpha value is -0.380. The molecule has 3 nitrogen and oxygen atoms in total. The summed E-state index contributed by atoms with van der Waals surface area (Å²) in [6.45, 7) is 3.65. The monoisotopic (exact) mass is 230 g/mol. The molecule has 0 radical (unpaired) electrons. The Balaban J connectivity index is 0.00000225. The van der Waals surface area contributed by atoms with Crippen molar-refractivity contribution in [3.63, 3.8) is 0 Å². The molecule has 0 spiro atoms. The first-order valence-corrected chi connectivity index (χ1v) is 5.07. The predicted molar refractivity (Wildman–Crippen MR) is 54.8 cm³/mol. The van der Waals surface area contributed by atoms with Crippen LogP contribution in [0.1, 0.15) is 26.7 Å². The Labute approximate surface area is 118 Å². The van der Waals surface area contributed by atoms with E-state index >= 15 is 0 Å². The molecule has 1 aliphatic rings. The van der Waals surface area contributed by atoms with Crippen LogP contribution in [0.3, 0.4) is 0 Å². The van der Waals surface area contributed by atoms with Gasteiger partial charge in [-0.2, -0.15) is 0 Å². The maximum Gasteiger partial charge on any atom is 1.00 e. The van der Waals surface area contributed by atoms with Crippen molar-refractivity contribution >= 4 is 11.8 Å². The van der Waals surface area contributed by atoms with Crippen molar-refractivity contribution in [3.8, 4) is 0 Å². The second kappa shape index (κ2) is 7.05. The number of hydrogen-bond acceptors (Lipinski definition) is 3. The van der Waals surface area contributed by atoms with Gasteiger partial charge in [-0.1, -0.05) is 17.7 Å². The van der Waals surface area contributed by atoms with Crippen LogP contribution in [-0.4, -0.2) is 11.8 Å². The maximum atomic E-state index is 11.7. The SMILES string of the molecule is CC(C)=CC(=O)C1CC=CC[C@@H]1C(=O)[O-].[Na+]. The molecule has 16 heavy (non-hydrogen) atoms. The summed E-state index contributed by atoms with van der Waals surface area (Å²) >= 11 is 0. The van der Waals surface area contributed by atoms with E-state index in [-0.39, 0.29) is 35.3 Å². The van der Waals surface area contributed by atoms with Crippen LogP contribution in [0.25, 0.3) is 0 Å². The van der Waals surface area contributed by atoms with Gasteiger partial charge in [0.05, 0.1) is 0 Å². The maximum absolute atomic E-state index is 11.7. The van der Waals surface area contributed by atoms with Gasteiger partial charge >= 0.3 is 29.6 Å². The number of allylic oxidation sites excluding steroid dienone is 4. The third-order valence-corrected chi connectivity index (χ3v) is 2.53. The first kappa shape index (κ1) is 15.6. The quantitative estimate of drug-likeness (QED) is 0.316. The minimum absolute atomic E-state index is 0. The zero-order valence-corrected chi connectivity index (χ0v) is 12.0. The fourth-order valence-electron chi connectivity index (χ4n) is 1.78. The van der Waals surface area contributed by atoms with Crippen molar-refractivity contribution in [3.05, 3.63) is 23.8 Å². The topological polar surface area (TPSA) is 57.2 Å². The number of carbonyl (C=O) groups excluding carboxylic acids is 2. The number of carboxylic acid groups (broad SMARTS) is 1. The summed E-state index contributed by atoms with van der Waals surface area (Å²) in [6.07, 6.45) is 6.07. The molecule has 0 amide bonds. The number of carboxylic acids is 1. The van der Waals surface area contributed by atoms with Gasteiger partial charge in [0.2, 0.25) is 0 Å². The van der Waals surface area contributed by atoms with Gasteiger partial charge in [-0.05, 0) is 32.8 Å². The van der Waals surface area contributed by atoms with Crippen molar-refractivity contribution < 1.29 is 44.3 Å². The minimum Gasteiger partial charge on any atom is -0.550 e. The predicted octanol–water partition coefficient (Wildman–Crippen LogP) is -2.14. The van der Waals surface area contributed by atoms with Crippen LogP contribution in [0.15, 0.2) is 23.8 Å². The first-order chi connectivity index (χ1) is 7.02. The minimum atomic E-state index is -1.13. The van der Waals surface area contributed by atoms with Crippen LogP contribution in [0.2, 0.25) is 0 Å². The molecule has 82 valence electrons. The van der Waals surface area contributed by atoms with Gasteiger partial charge in [-0.15, -0.1) is 0 Å². The van der Waals surface area contributed by atoms with Crippen molar-refractivity contribution in [1.29, 1.82) is 0 Å². The van der Waals surface area contributed by atoms with Crippen LogP contribution < -0.4 is 34.7 Å². The van der Waals surface area contributed by atoms with Crippen LogP contribution in [0, 0.1) is 11.8 Å². The number of carbonyl (C=O) groups is 2. The van der Waals surface area contributed by atoms with Gasteiger partial charge < -0.3 is 9.90 Å². The Morgan fingerprint density at radius 3 is 2.12 bits per heavy atom. The molecular weight excluding hydrogens is 215 g/mol. The third-order valence-electron chi connectivity index (χ3n) is 2.53. The Kier molecular flexibility index (Phi) is 6.88. The average Bonchev–Trinajstić information content (AvgIpc) is 2.16. The van der Waals surface area contributed by atoms with Gasteiger partial charge in [-0.3, -0.25) is 4.79 Å². The van der Waals surface area contributed by atoms with Gasteiger partial charge in [0.25, 0.3) is 0 Å². The number of hydrogen-bond donors (Lipinski definition) is 0. The fraction of sp³-hybridized carbons (Fsp3) is 0.500. The standard InChI is InChI=1S/C12H16O3.Na/c1-8(2)7-11(13)9-5-3-4-6-10(9)12(14)15;/h3-4,7,9-10H,5-6H2,1-2H3,(H,14,15);/q;+1/p-1/t9?,10-;/m0./s1. The summed E-state index contributed by atoms with van der Waals surface area (Å²) in [4.78, 5) is 22.6. The molecule has 1 aliphatic carbocycles. The number of ketones is 1. The van der Waals surface area contributed by atoms with Crippen molar-refractivity contribution in [1.82, 2.24) is 0 Å². The molecule has 0 aliphatic heterocycles. The summed E-state index contributed by atoms with van der Waals surface area (Å²) in [5, 5.41) is 10.8. The first-order valence-electron chi connectivity index (χ1n) is 5.07. The van der Waals surface area contributed by atoms with Crippen LogP contribution >= 0.6 is 0 Å². The number of aliphatic carboxylic acids is 1. The third kappa shape index (κ3) is 4.24. The summed E-state index contributed by atoms with van der Waals surface area (Å²) in [7, 11) is 0. The molecule has 0 saturated carbocycles. The fourth-order valence-corrected chi connectivity index (χ4v) is 1.78. The molecule has 0 bridgehead atoms. The molecular formula is C12H15NaO3. The normalized spacial score (nSPS) is 23.1. The zero-order chi connectivity index (χ0) is 11.4. The van der Waals surface area contributed by atoms with E-state index in [4.69, 9.17) is 0 Å². The van der Waals surface area contributed by atoms with Crippen molar-refractivity contribution in [2.75, 3.05) is 0 Å². The van der Waals surface area contributed by atoms with Crippen LogP contribution in [0.5, 0.6) is 0 Å². The molecule has 0 fully saturated rings. The van der Waals surface area contributed by atoms with E-state index in [2.05, 4.69) is 0 Å².